The number of fused-ring (bicyclic) bond motifs is 5. The maximum atomic E-state index is 10.8. The van der Waals surface area contributed by atoms with Gasteiger partial charge in [-0.05, 0) is 117 Å². The summed E-state index contributed by atoms with van der Waals surface area (Å²) in [5, 5.41) is 21.1. The van der Waals surface area contributed by atoms with E-state index in [1.807, 2.05) is 24.3 Å². The van der Waals surface area contributed by atoms with Gasteiger partial charge in [0.2, 0.25) is 0 Å². The third-order valence-electron chi connectivity index (χ3n) is 12.0. The SMILES string of the molecule is COc1ccccc1C(O)CCCC(C)[C@H]1CC[C@H]2[C@@H]3CC[C@H]4C[C@@H](O)CC[C@]4(C)[C@H]3CC[C@]12C. The lowest BCUT2D eigenvalue weighted by Crippen LogP contribution is -2.54. The molecule has 35 heavy (non-hydrogen) atoms. The average Bonchev–Trinajstić information content (AvgIpc) is 3.21. The molecular formula is C32H50O3. The first-order valence-electron chi connectivity index (χ1n) is 14.8. The van der Waals surface area contributed by atoms with E-state index in [0.29, 0.717) is 10.8 Å². The molecule has 3 nitrogen and oxygen atoms in total. The van der Waals surface area contributed by atoms with Crippen molar-refractivity contribution in [3.8, 4) is 5.75 Å². The Morgan fingerprint density at radius 2 is 1.69 bits per heavy atom. The number of para-hydroxylation sites is 1. The fraction of sp³-hybridized carbons (Fsp3) is 0.812. The van der Waals surface area contributed by atoms with Crippen LogP contribution in [0.4, 0.5) is 0 Å². The normalized spacial score (nSPS) is 42.5. The van der Waals surface area contributed by atoms with E-state index in [-0.39, 0.29) is 6.10 Å². The molecule has 1 aromatic carbocycles. The zero-order valence-electron chi connectivity index (χ0n) is 22.7. The van der Waals surface area contributed by atoms with E-state index in [4.69, 9.17) is 4.74 Å². The highest BCUT2D eigenvalue weighted by Gasteiger charge is 2.60. The zero-order chi connectivity index (χ0) is 24.8. The number of rotatable bonds is 7. The average molecular weight is 483 g/mol. The summed E-state index contributed by atoms with van der Waals surface area (Å²) < 4.78 is 5.46. The molecule has 0 aromatic heterocycles. The molecule has 4 aliphatic carbocycles. The molecule has 4 saturated carbocycles. The molecule has 0 aliphatic heterocycles. The van der Waals surface area contributed by atoms with Crippen LogP contribution >= 0.6 is 0 Å². The van der Waals surface area contributed by atoms with Gasteiger partial charge in [-0.3, -0.25) is 0 Å². The second-order valence-corrected chi connectivity index (χ2v) is 13.5. The molecule has 0 spiro atoms. The zero-order valence-corrected chi connectivity index (χ0v) is 22.7. The Balaban J connectivity index is 1.20. The van der Waals surface area contributed by atoms with E-state index >= 15 is 0 Å². The summed E-state index contributed by atoms with van der Waals surface area (Å²) in [7, 11) is 1.68. The molecule has 3 heteroatoms. The maximum Gasteiger partial charge on any atom is 0.124 e. The van der Waals surface area contributed by atoms with E-state index in [1.54, 1.807) is 7.11 Å². The first kappa shape index (κ1) is 25.6. The van der Waals surface area contributed by atoms with Gasteiger partial charge in [0.15, 0.2) is 0 Å². The molecule has 0 saturated heterocycles. The molecule has 4 fully saturated rings. The number of ether oxygens (including phenoxy) is 1. The third-order valence-corrected chi connectivity index (χ3v) is 12.0. The summed E-state index contributed by atoms with van der Waals surface area (Å²) in [6, 6.07) is 7.90. The molecule has 4 aliphatic rings. The number of hydrogen-bond donors (Lipinski definition) is 2. The molecule has 1 aromatic rings. The Labute approximate surface area is 214 Å². The summed E-state index contributed by atoms with van der Waals surface area (Å²) in [6.45, 7) is 7.76. The fourth-order valence-electron chi connectivity index (χ4n) is 10.1. The van der Waals surface area contributed by atoms with E-state index in [1.165, 1.54) is 51.4 Å². The van der Waals surface area contributed by atoms with Gasteiger partial charge in [-0.15, -0.1) is 0 Å². The highest BCUT2D eigenvalue weighted by atomic mass is 16.5. The smallest absolute Gasteiger partial charge is 0.124 e. The van der Waals surface area contributed by atoms with Crippen LogP contribution in [0, 0.1) is 46.3 Å². The molecule has 2 unspecified atom stereocenters. The monoisotopic (exact) mass is 482 g/mol. The fourth-order valence-corrected chi connectivity index (χ4v) is 10.1. The lowest BCUT2D eigenvalue weighted by atomic mass is 9.44. The minimum absolute atomic E-state index is 0.0447. The van der Waals surface area contributed by atoms with E-state index in [9.17, 15) is 10.2 Å². The van der Waals surface area contributed by atoms with Gasteiger partial charge in [-0.1, -0.05) is 51.8 Å². The first-order chi connectivity index (χ1) is 16.8. The van der Waals surface area contributed by atoms with Crippen LogP contribution in [0.3, 0.4) is 0 Å². The topological polar surface area (TPSA) is 49.7 Å². The van der Waals surface area contributed by atoms with Crippen molar-refractivity contribution in [1.29, 1.82) is 0 Å². The lowest BCUT2D eigenvalue weighted by molar-refractivity contribution is -0.129. The van der Waals surface area contributed by atoms with Crippen molar-refractivity contribution in [2.45, 2.75) is 110 Å². The van der Waals surface area contributed by atoms with Crippen LogP contribution in [0.15, 0.2) is 24.3 Å². The Morgan fingerprint density at radius 1 is 0.943 bits per heavy atom. The minimum Gasteiger partial charge on any atom is -0.496 e. The highest BCUT2D eigenvalue weighted by Crippen LogP contribution is 2.68. The summed E-state index contributed by atoms with van der Waals surface area (Å²) in [5.74, 6) is 5.80. The molecule has 0 heterocycles. The Bertz CT molecular complexity index is 868. The van der Waals surface area contributed by atoms with Crippen molar-refractivity contribution in [1.82, 2.24) is 0 Å². The molecule has 2 N–H and O–H groups in total. The first-order valence-corrected chi connectivity index (χ1v) is 14.8. The van der Waals surface area contributed by atoms with Crippen LogP contribution in [0.2, 0.25) is 0 Å². The van der Waals surface area contributed by atoms with Crippen LogP contribution in [0.25, 0.3) is 0 Å². The van der Waals surface area contributed by atoms with Crippen molar-refractivity contribution < 1.29 is 14.9 Å². The van der Waals surface area contributed by atoms with Crippen molar-refractivity contribution in [3.63, 3.8) is 0 Å². The summed E-state index contributed by atoms with van der Waals surface area (Å²) in [6.07, 6.45) is 14.4. The van der Waals surface area contributed by atoms with Crippen LogP contribution < -0.4 is 4.74 Å². The van der Waals surface area contributed by atoms with Crippen LogP contribution in [-0.2, 0) is 0 Å². The Kier molecular flexibility index (Phi) is 7.32. The summed E-state index contributed by atoms with van der Waals surface area (Å²) in [5.41, 5.74) is 1.90. The largest absolute Gasteiger partial charge is 0.496 e. The molecule has 0 radical (unpaired) electrons. The maximum absolute atomic E-state index is 10.8. The second kappa shape index (κ2) is 10.0. The summed E-state index contributed by atoms with van der Waals surface area (Å²) >= 11 is 0. The van der Waals surface area contributed by atoms with Crippen LogP contribution in [0.5, 0.6) is 5.75 Å². The third kappa shape index (κ3) is 4.48. The number of aliphatic hydroxyl groups excluding tert-OH is 2. The lowest BCUT2D eigenvalue weighted by Gasteiger charge is -2.61. The van der Waals surface area contributed by atoms with Gasteiger partial charge in [-0.25, -0.2) is 0 Å². The number of benzene rings is 1. The van der Waals surface area contributed by atoms with Gasteiger partial charge >= 0.3 is 0 Å². The predicted molar refractivity (Wildman–Crippen MR) is 142 cm³/mol. The van der Waals surface area contributed by atoms with E-state index in [2.05, 4.69) is 20.8 Å². The number of methoxy groups -OCH3 is 1. The van der Waals surface area contributed by atoms with Gasteiger partial charge in [-0.2, -0.15) is 0 Å². The molecule has 196 valence electrons. The number of hydrogen-bond acceptors (Lipinski definition) is 3. The van der Waals surface area contributed by atoms with Gasteiger partial charge < -0.3 is 14.9 Å². The number of aliphatic hydroxyl groups is 2. The highest BCUT2D eigenvalue weighted by molar-refractivity contribution is 5.34. The molecule has 10 atom stereocenters. The Morgan fingerprint density at radius 3 is 2.49 bits per heavy atom. The standard InChI is InChI=1S/C32H50O3/c1-21(8-7-10-29(34)25-9-5-6-11-30(25)35-4)26-14-15-27-24-13-12-22-20-23(33)16-18-31(22,2)28(24)17-19-32(26,27)3/h5-6,9,11,21-24,26-29,33-34H,7-8,10,12-20H2,1-4H3/t21?,22-,23-,24-,26+,27-,28-,29?,31-,32+/m0/s1. The van der Waals surface area contributed by atoms with Crippen molar-refractivity contribution in [3.05, 3.63) is 29.8 Å². The predicted octanol–water partition coefficient (Wildman–Crippen LogP) is 7.55. The van der Waals surface area contributed by atoms with Crippen molar-refractivity contribution in [2.24, 2.45) is 46.3 Å². The minimum atomic E-state index is -0.439. The van der Waals surface area contributed by atoms with Crippen LogP contribution in [-0.4, -0.2) is 23.4 Å². The van der Waals surface area contributed by atoms with E-state index in [0.717, 1.165) is 72.5 Å². The quantitative estimate of drug-likeness (QED) is 0.422. The summed E-state index contributed by atoms with van der Waals surface area (Å²) in [4.78, 5) is 0. The van der Waals surface area contributed by atoms with Gasteiger partial charge in [0, 0.05) is 5.56 Å². The van der Waals surface area contributed by atoms with Gasteiger partial charge in [0.05, 0.1) is 19.3 Å². The molecule has 0 bridgehead atoms. The molecular weight excluding hydrogens is 432 g/mol. The van der Waals surface area contributed by atoms with Gasteiger partial charge in [0.1, 0.15) is 5.75 Å². The second-order valence-electron chi connectivity index (χ2n) is 13.5. The molecule has 0 amide bonds. The molecule has 5 rings (SSSR count). The van der Waals surface area contributed by atoms with Crippen molar-refractivity contribution in [2.75, 3.05) is 7.11 Å². The Hall–Kier alpha value is -1.06. The van der Waals surface area contributed by atoms with Crippen molar-refractivity contribution >= 4 is 0 Å². The van der Waals surface area contributed by atoms with Gasteiger partial charge in [0.25, 0.3) is 0 Å². The van der Waals surface area contributed by atoms with Crippen LogP contribution in [0.1, 0.15) is 109 Å². The van der Waals surface area contributed by atoms with E-state index < -0.39 is 6.10 Å².